The van der Waals surface area contributed by atoms with E-state index in [-0.39, 0.29) is 0 Å². The molecule has 0 bridgehead atoms. The molecule has 0 amide bonds. The van der Waals surface area contributed by atoms with Crippen molar-refractivity contribution in [1.29, 1.82) is 0 Å². The van der Waals surface area contributed by atoms with Crippen molar-refractivity contribution < 1.29 is 0 Å². The zero-order valence-corrected chi connectivity index (χ0v) is 9.57. The Hall–Kier alpha value is -0.780. The molecule has 0 atom stereocenters. The fraction of sp³-hybridized carbons (Fsp3) is 0.500. The predicted molar refractivity (Wildman–Crippen MR) is 61.5 cm³/mol. The summed E-state index contributed by atoms with van der Waals surface area (Å²) in [4.78, 5) is 0. The lowest BCUT2D eigenvalue weighted by molar-refractivity contribution is 1.36. The van der Waals surface area contributed by atoms with Crippen LogP contribution in [0, 0.1) is 0 Å². The van der Waals surface area contributed by atoms with Gasteiger partial charge in [-0.3, -0.25) is 0 Å². The van der Waals surface area contributed by atoms with Crippen molar-refractivity contribution in [2.45, 2.75) is 41.5 Å². The van der Waals surface area contributed by atoms with Gasteiger partial charge >= 0.3 is 0 Å². The lowest BCUT2D eigenvalue weighted by atomic mass is 10.3. The molecule has 0 unspecified atom stereocenters. The number of rotatable bonds is 1. The third-order valence-corrected chi connectivity index (χ3v) is 0.926. The van der Waals surface area contributed by atoms with Gasteiger partial charge in [0.15, 0.2) is 0 Å². The highest BCUT2D eigenvalue weighted by molar-refractivity contribution is 5.05. The summed E-state index contributed by atoms with van der Waals surface area (Å²) in [5, 5.41) is 0. The van der Waals surface area contributed by atoms with Crippen molar-refractivity contribution in [2.24, 2.45) is 0 Å². The van der Waals surface area contributed by atoms with E-state index >= 15 is 0 Å². The van der Waals surface area contributed by atoms with E-state index in [4.69, 9.17) is 0 Å². The average Bonchev–Trinajstić information content (AvgIpc) is 2.09. The van der Waals surface area contributed by atoms with Gasteiger partial charge in [-0.15, -0.1) is 0 Å². The van der Waals surface area contributed by atoms with E-state index in [2.05, 4.69) is 33.1 Å². The van der Waals surface area contributed by atoms with Crippen LogP contribution in [-0.4, -0.2) is 0 Å². The summed E-state index contributed by atoms with van der Waals surface area (Å²) in [7, 11) is 0. The van der Waals surface area contributed by atoms with Gasteiger partial charge in [-0.05, 0) is 27.7 Å². The molecule has 0 aliphatic carbocycles. The maximum absolute atomic E-state index is 3.56. The Bertz CT molecular complexity index is 123. The molecule has 72 valence electrons. The Morgan fingerprint density at radius 1 is 1.08 bits per heavy atom. The minimum atomic E-state index is 1.02. The van der Waals surface area contributed by atoms with Crippen LogP contribution in [-0.2, 0) is 0 Å². The molecule has 0 aromatic carbocycles. The normalized spacial score (nSPS) is 6.17. The Morgan fingerprint density at radius 2 is 1.25 bits per heavy atom. The maximum atomic E-state index is 3.56. The van der Waals surface area contributed by atoms with Crippen molar-refractivity contribution in [3.05, 3.63) is 36.5 Å². The third-order valence-electron chi connectivity index (χ3n) is 0.926. The summed E-state index contributed by atoms with van der Waals surface area (Å²) in [6.07, 6.45) is 3.81. The van der Waals surface area contributed by atoms with Gasteiger partial charge in [0.05, 0.1) is 0 Å². The lowest BCUT2D eigenvalue weighted by Crippen LogP contribution is -1.52. The highest BCUT2D eigenvalue weighted by Gasteiger charge is 1.60. The van der Waals surface area contributed by atoms with Gasteiger partial charge < -0.3 is 0 Å². The van der Waals surface area contributed by atoms with Crippen LogP contribution in [0.15, 0.2) is 36.5 Å². The fourth-order valence-electron chi connectivity index (χ4n) is 0. The molecule has 0 aliphatic rings. The third kappa shape index (κ3) is 60.1. The lowest BCUT2D eigenvalue weighted by Gasteiger charge is -1.74. The Morgan fingerprint density at radius 3 is 1.25 bits per heavy atom. The second-order valence-electron chi connectivity index (χ2n) is 2.42. The molecule has 0 saturated heterocycles. The second kappa shape index (κ2) is 16.7. The standard InChI is InChI=1S/C5H10.C5H8.C2H6/c2*1-4-5(2)3;1-2/h4H,1-3H3;4H,1-2H2,3H3;1-2H3. The van der Waals surface area contributed by atoms with Crippen molar-refractivity contribution in [3.63, 3.8) is 0 Å². The molecule has 0 N–H and O–H groups in total. The SMILES string of the molecule is C=CC(=C)C.CC.CC=C(C)C. The van der Waals surface area contributed by atoms with E-state index in [9.17, 15) is 0 Å². The first kappa shape index (κ1) is 17.3. The Labute approximate surface area is 78.7 Å². The molecule has 0 radical (unpaired) electrons. The van der Waals surface area contributed by atoms with Crippen molar-refractivity contribution in [3.8, 4) is 0 Å². The van der Waals surface area contributed by atoms with Crippen LogP contribution in [0.25, 0.3) is 0 Å². The highest BCUT2D eigenvalue weighted by Crippen LogP contribution is 1.82. The first-order valence-electron chi connectivity index (χ1n) is 4.42. The van der Waals surface area contributed by atoms with Gasteiger partial charge in [0.1, 0.15) is 0 Å². The zero-order valence-electron chi connectivity index (χ0n) is 9.57. The maximum Gasteiger partial charge on any atom is -0.0404 e. The molecule has 0 spiro atoms. The first-order valence-corrected chi connectivity index (χ1v) is 4.42. The van der Waals surface area contributed by atoms with Crippen molar-refractivity contribution in [1.82, 2.24) is 0 Å². The molecule has 0 rings (SSSR count). The van der Waals surface area contributed by atoms with Crippen LogP contribution in [0.1, 0.15) is 41.5 Å². The second-order valence-corrected chi connectivity index (χ2v) is 2.42. The molecule has 0 heterocycles. The van der Waals surface area contributed by atoms with E-state index in [1.54, 1.807) is 6.08 Å². The summed E-state index contributed by atoms with van der Waals surface area (Å²) in [5.74, 6) is 0. The minimum absolute atomic E-state index is 1.02. The monoisotopic (exact) mass is 168 g/mol. The first-order chi connectivity index (χ1) is 5.54. The molecule has 12 heavy (non-hydrogen) atoms. The van der Waals surface area contributed by atoms with Crippen LogP contribution in [0.3, 0.4) is 0 Å². The largest absolute Gasteiger partial charge is 0.0988 e. The van der Waals surface area contributed by atoms with Gasteiger partial charge in [-0.25, -0.2) is 0 Å². The van der Waals surface area contributed by atoms with E-state index in [1.165, 1.54) is 5.57 Å². The van der Waals surface area contributed by atoms with E-state index in [0.29, 0.717) is 0 Å². The Balaban J connectivity index is -0.000000112. The summed E-state index contributed by atoms with van der Waals surface area (Å²) in [6.45, 7) is 19.1. The topological polar surface area (TPSA) is 0 Å². The summed E-state index contributed by atoms with van der Waals surface area (Å²) < 4.78 is 0. The highest BCUT2D eigenvalue weighted by atomic mass is 13.7. The average molecular weight is 168 g/mol. The fourth-order valence-corrected chi connectivity index (χ4v) is 0. The minimum Gasteiger partial charge on any atom is -0.0988 e. The quantitative estimate of drug-likeness (QED) is 0.391. The molecular weight excluding hydrogens is 144 g/mol. The van der Waals surface area contributed by atoms with Crippen LogP contribution < -0.4 is 0 Å². The molecule has 0 fully saturated rings. The van der Waals surface area contributed by atoms with Gasteiger partial charge in [0.25, 0.3) is 0 Å². The van der Waals surface area contributed by atoms with Gasteiger partial charge in [-0.2, -0.15) is 0 Å². The summed E-state index contributed by atoms with van der Waals surface area (Å²) in [6, 6.07) is 0. The predicted octanol–water partition coefficient (Wildman–Crippen LogP) is 4.75. The molecule has 0 aromatic rings. The molecule has 0 aliphatic heterocycles. The van der Waals surface area contributed by atoms with Crippen LogP contribution in [0.2, 0.25) is 0 Å². The number of hydrogen-bond donors (Lipinski definition) is 0. The smallest absolute Gasteiger partial charge is 0.0404 e. The Kier molecular flexibility index (Phi) is 24.1. The molecule has 0 nitrogen and oxygen atoms in total. The molecule has 0 heteroatoms. The van der Waals surface area contributed by atoms with Gasteiger partial charge in [-0.1, -0.05) is 50.3 Å². The zero-order chi connectivity index (χ0) is 10.6. The van der Waals surface area contributed by atoms with E-state index in [1.807, 2.05) is 27.7 Å². The van der Waals surface area contributed by atoms with E-state index < -0.39 is 0 Å². The van der Waals surface area contributed by atoms with Crippen LogP contribution in [0.4, 0.5) is 0 Å². The van der Waals surface area contributed by atoms with Crippen molar-refractivity contribution in [2.75, 3.05) is 0 Å². The van der Waals surface area contributed by atoms with Gasteiger partial charge in [0, 0.05) is 0 Å². The summed E-state index contributed by atoms with van der Waals surface area (Å²) in [5.41, 5.74) is 2.40. The number of allylic oxidation sites excluding steroid dienone is 4. The molecular formula is C12H24. The van der Waals surface area contributed by atoms with Gasteiger partial charge in [0.2, 0.25) is 0 Å². The van der Waals surface area contributed by atoms with Crippen molar-refractivity contribution >= 4 is 0 Å². The van der Waals surface area contributed by atoms with E-state index in [0.717, 1.165) is 5.57 Å². The van der Waals surface area contributed by atoms with Crippen LogP contribution >= 0.6 is 0 Å². The van der Waals surface area contributed by atoms with Crippen LogP contribution in [0.5, 0.6) is 0 Å². The number of hydrogen-bond acceptors (Lipinski definition) is 0. The molecule has 0 aromatic heterocycles. The summed E-state index contributed by atoms with van der Waals surface area (Å²) >= 11 is 0. The molecule has 0 saturated carbocycles.